The van der Waals surface area contributed by atoms with E-state index < -0.39 is 16.7 Å². The highest BCUT2D eigenvalue weighted by molar-refractivity contribution is 7.69. The van der Waals surface area contributed by atoms with Gasteiger partial charge in [-0.2, -0.15) is 0 Å². The van der Waals surface area contributed by atoms with Gasteiger partial charge in [0.1, 0.15) is 11.6 Å². The van der Waals surface area contributed by atoms with Crippen LogP contribution in [0.15, 0.2) is 46.8 Å². The van der Waals surface area contributed by atoms with Crippen LogP contribution in [0, 0.1) is 5.82 Å². The summed E-state index contributed by atoms with van der Waals surface area (Å²) in [6.07, 6.45) is 1.02. The highest BCUT2D eigenvalue weighted by Crippen LogP contribution is 2.28. The molecule has 2 aromatic carbocycles. The predicted molar refractivity (Wildman–Crippen MR) is 111 cm³/mol. The first-order chi connectivity index (χ1) is 13.7. The number of hydrogen-bond donors (Lipinski definition) is 1. The Labute approximate surface area is 172 Å². The largest absolute Gasteiger partial charge is 0.484 e. The molecule has 0 aliphatic heterocycles. The van der Waals surface area contributed by atoms with Gasteiger partial charge in [0.2, 0.25) is 0 Å². The molecule has 29 heavy (non-hydrogen) atoms. The van der Waals surface area contributed by atoms with Crippen LogP contribution < -0.4 is 10.1 Å². The number of hydrogen-bond acceptors (Lipinski definition) is 6. The number of nitrogens with zero attached hydrogens (tertiary/aromatic N) is 1. The molecule has 2 aromatic rings. The van der Waals surface area contributed by atoms with Crippen LogP contribution in [0.25, 0.3) is 0 Å². The van der Waals surface area contributed by atoms with Crippen molar-refractivity contribution in [2.24, 2.45) is 4.36 Å². The molecular weight excluding hydrogens is 395 g/mol. The minimum atomic E-state index is -1.94. The zero-order chi connectivity index (χ0) is 21.4. The number of carbonyl (C=O) groups is 1. The predicted octanol–water partition coefficient (Wildman–Crippen LogP) is 4.55. The van der Waals surface area contributed by atoms with Gasteiger partial charge in [0, 0.05) is 13.7 Å². The van der Waals surface area contributed by atoms with Crippen LogP contribution in [-0.4, -0.2) is 19.6 Å². The fourth-order valence-electron chi connectivity index (χ4n) is 2.46. The van der Waals surface area contributed by atoms with Gasteiger partial charge >= 0.3 is 0 Å². The molecule has 0 unspecified atom stereocenters. The summed E-state index contributed by atoms with van der Waals surface area (Å²) in [5, 5.41) is 2.67. The van der Waals surface area contributed by atoms with Gasteiger partial charge in [-0.25, -0.2) is 4.39 Å². The second-order valence-corrected chi connectivity index (χ2v) is 8.04. The van der Waals surface area contributed by atoms with E-state index in [9.17, 15) is 13.4 Å². The SMILES string of the molecule is CCC(C)(C)c1ccc(OCC(=O)NCc2ccc(N=[S-](=O)OC)c(F)c2)cc1. The molecule has 1 amide bonds. The lowest BCUT2D eigenvalue weighted by molar-refractivity contribution is -0.123. The lowest BCUT2D eigenvalue weighted by Crippen LogP contribution is -2.28. The smallest absolute Gasteiger partial charge is 0.258 e. The van der Waals surface area contributed by atoms with Crippen molar-refractivity contribution < 1.29 is 22.3 Å². The molecule has 0 saturated carbocycles. The van der Waals surface area contributed by atoms with Crippen molar-refractivity contribution in [1.29, 1.82) is 0 Å². The van der Waals surface area contributed by atoms with Gasteiger partial charge in [0.15, 0.2) is 6.61 Å². The lowest BCUT2D eigenvalue weighted by Gasteiger charge is -2.23. The van der Waals surface area contributed by atoms with E-state index in [-0.39, 0.29) is 30.2 Å². The monoisotopic (exact) mass is 421 g/mol. The minimum Gasteiger partial charge on any atom is -0.484 e. The molecule has 6 nitrogen and oxygen atoms in total. The maximum atomic E-state index is 14.0. The van der Waals surface area contributed by atoms with Gasteiger partial charge in [0.25, 0.3) is 5.91 Å². The molecule has 158 valence electrons. The zero-order valence-electron chi connectivity index (χ0n) is 17.0. The second-order valence-electron chi connectivity index (χ2n) is 7.09. The standard InChI is InChI=1S/C21H26FN2O4S/c1-5-21(2,3)16-7-9-17(10-8-16)28-14-20(25)23-13-15-6-11-19(18(22)12-15)24-29(26)27-4/h6-12H,5,13-14H2,1-4H3,(H,23,25)/q-1. The van der Waals surface area contributed by atoms with Gasteiger partial charge in [-0.15, -0.1) is 0 Å². The summed E-state index contributed by atoms with van der Waals surface area (Å²) in [5.74, 6) is -0.356. The van der Waals surface area contributed by atoms with Crippen molar-refractivity contribution in [3.05, 3.63) is 59.4 Å². The molecule has 0 heterocycles. The van der Waals surface area contributed by atoms with Gasteiger partial charge in [-0.1, -0.05) is 49.8 Å². The van der Waals surface area contributed by atoms with E-state index in [1.165, 1.54) is 24.8 Å². The molecule has 0 saturated heterocycles. The summed E-state index contributed by atoms with van der Waals surface area (Å²) in [6, 6.07) is 11.9. The Hall–Kier alpha value is -2.45. The molecule has 8 heteroatoms. The third-order valence-corrected chi connectivity index (χ3v) is 5.34. The van der Waals surface area contributed by atoms with Crippen LogP contribution in [0.3, 0.4) is 0 Å². The second kappa shape index (κ2) is 10.4. The average Bonchev–Trinajstić information content (AvgIpc) is 2.72. The summed E-state index contributed by atoms with van der Waals surface area (Å²) < 4.78 is 38.7. The van der Waals surface area contributed by atoms with E-state index >= 15 is 0 Å². The molecule has 0 fully saturated rings. The van der Waals surface area contributed by atoms with Crippen LogP contribution in [0.2, 0.25) is 0 Å². The van der Waals surface area contributed by atoms with Crippen molar-refractivity contribution in [1.82, 2.24) is 5.32 Å². The summed E-state index contributed by atoms with van der Waals surface area (Å²) in [4.78, 5) is 12.0. The maximum Gasteiger partial charge on any atom is 0.258 e. The lowest BCUT2D eigenvalue weighted by atomic mass is 9.82. The molecule has 0 aliphatic rings. The van der Waals surface area contributed by atoms with Crippen molar-refractivity contribution in [3.63, 3.8) is 0 Å². The number of carbonyl (C=O) groups excluding carboxylic acids is 1. The fourth-order valence-corrected chi connectivity index (χ4v) is 2.84. The zero-order valence-corrected chi connectivity index (χ0v) is 17.8. The molecule has 2 rings (SSSR count). The van der Waals surface area contributed by atoms with E-state index in [1.807, 2.05) is 24.3 Å². The number of rotatable bonds is 9. The van der Waals surface area contributed by atoms with Crippen LogP contribution in [0.1, 0.15) is 38.3 Å². The van der Waals surface area contributed by atoms with E-state index in [0.717, 1.165) is 6.42 Å². The topological polar surface area (TPSA) is 77.0 Å². The maximum absolute atomic E-state index is 14.0. The first kappa shape index (κ1) is 22.8. The molecule has 1 N–H and O–H groups in total. The van der Waals surface area contributed by atoms with Crippen LogP contribution >= 0.6 is 0 Å². The summed E-state index contributed by atoms with van der Waals surface area (Å²) >= 11 is 0. The van der Waals surface area contributed by atoms with Crippen molar-refractivity contribution in [2.45, 2.75) is 39.2 Å². The molecule has 0 atom stereocenters. The average molecular weight is 422 g/mol. The quantitative estimate of drug-likeness (QED) is 0.603. The molecule has 0 spiro atoms. The summed E-state index contributed by atoms with van der Waals surface area (Å²) in [7, 11) is -0.723. The van der Waals surface area contributed by atoms with E-state index in [0.29, 0.717) is 11.3 Å². The normalized spacial score (nSPS) is 12.6. The van der Waals surface area contributed by atoms with Gasteiger partial charge in [-0.05, 0) is 47.2 Å². The highest BCUT2D eigenvalue weighted by Gasteiger charge is 2.17. The summed E-state index contributed by atoms with van der Waals surface area (Å²) in [5.41, 5.74) is 1.78. The van der Waals surface area contributed by atoms with Crippen LogP contribution in [0.5, 0.6) is 5.75 Å². The Bertz CT molecular complexity index is 923. The first-order valence-electron chi connectivity index (χ1n) is 9.21. The Morgan fingerprint density at radius 2 is 1.90 bits per heavy atom. The molecule has 0 aliphatic carbocycles. The van der Waals surface area contributed by atoms with E-state index in [4.69, 9.17) is 4.74 Å². The molecule has 0 bridgehead atoms. The number of ether oxygens (including phenoxy) is 1. The van der Waals surface area contributed by atoms with Gasteiger partial charge in [0.05, 0.1) is 5.69 Å². The van der Waals surface area contributed by atoms with Gasteiger partial charge < -0.3 is 22.8 Å². The Balaban J connectivity index is 1.86. The van der Waals surface area contributed by atoms with Crippen LogP contribution in [-0.2, 0) is 36.0 Å². The van der Waals surface area contributed by atoms with Crippen molar-refractivity contribution >= 4 is 22.5 Å². The highest BCUT2D eigenvalue weighted by atomic mass is 32.2. The van der Waals surface area contributed by atoms with Crippen LogP contribution in [0.4, 0.5) is 10.1 Å². The van der Waals surface area contributed by atoms with Crippen molar-refractivity contribution in [2.75, 3.05) is 13.7 Å². The van der Waals surface area contributed by atoms with Gasteiger partial charge in [-0.3, -0.25) is 4.79 Å². The van der Waals surface area contributed by atoms with E-state index in [2.05, 4.69) is 34.6 Å². The number of nitrogens with one attached hydrogen (secondary N) is 1. The third-order valence-electron chi connectivity index (χ3n) is 4.71. The Kier molecular flexibility index (Phi) is 8.16. The summed E-state index contributed by atoms with van der Waals surface area (Å²) in [6.45, 7) is 6.49. The molecule has 0 radical (unpaired) electrons. The Morgan fingerprint density at radius 1 is 1.21 bits per heavy atom. The Morgan fingerprint density at radius 3 is 2.48 bits per heavy atom. The minimum absolute atomic E-state index is 0.0710. The first-order valence-corrected chi connectivity index (χ1v) is 10.2. The number of amides is 1. The third kappa shape index (κ3) is 6.83. The van der Waals surface area contributed by atoms with Crippen molar-refractivity contribution in [3.8, 4) is 5.75 Å². The molecule has 0 aromatic heterocycles. The molecular formula is C21H26FN2O4S-. The number of halogens is 1. The number of benzene rings is 2. The van der Waals surface area contributed by atoms with E-state index in [1.54, 1.807) is 6.07 Å². The fraction of sp³-hybridized carbons (Fsp3) is 0.381.